The van der Waals surface area contributed by atoms with Crippen LogP contribution in [0.25, 0.3) is 11.4 Å². The molecule has 0 aromatic carbocycles. The minimum Gasteiger partial charge on any atom is -0.394 e. The van der Waals surface area contributed by atoms with Crippen LogP contribution < -0.4 is 5.73 Å². The van der Waals surface area contributed by atoms with E-state index in [2.05, 4.69) is 20.3 Å². The highest BCUT2D eigenvalue weighted by molar-refractivity contribution is 7.99. The first-order valence-electron chi connectivity index (χ1n) is 9.62. The summed E-state index contributed by atoms with van der Waals surface area (Å²) in [5.41, 5.74) is 4.51. The number of aliphatic hydroxyl groups is 2. The van der Waals surface area contributed by atoms with Crippen molar-refractivity contribution in [2.24, 2.45) is 0 Å². The lowest BCUT2D eigenvalue weighted by molar-refractivity contribution is -0.186. The zero-order chi connectivity index (χ0) is 24.6. The molecule has 0 saturated carbocycles. The number of rotatable bonds is 6. The molecule has 0 amide bonds. The van der Waals surface area contributed by atoms with E-state index in [4.69, 9.17) is 26.8 Å². The van der Waals surface area contributed by atoms with Crippen LogP contribution >= 0.6 is 34.7 Å². The number of aromatic nitrogens is 5. The minimum absolute atomic E-state index is 0.272. The first kappa shape index (κ1) is 25.1. The molecule has 1 fully saturated rings. The van der Waals surface area contributed by atoms with Crippen LogP contribution in [0, 0.1) is 0 Å². The van der Waals surface area contributed by atoms with Crippen molar-refractivity contribution in [3.05, 3.63) is 34.6 Å². The number of nitrogens with two attached hydrogens (primary N) is 1. The third kappa shape index (κ3) is 5.00. The molecule has 16 heteroatoms. The summed E-state index contributed by atoms with van der Waals surface area (Å²) in [6.07, 6.45) is -5.25. The first-order valence-corrected chi connectivity index (χ1v) is 11.8. The number of halogens is 4. The van der Waals surface area contributed by atoms with Gasteiger partial charge in [0.2, 0.25) is 0 Å². The van der Waals surface area contributed by atoms with Crippen molar-refractivity contribution < 1.29 is 32.9 Å². The molecule has 1 saturated heterocycles. The Morgan fingerprint density at radius 3 is 2.74 bits per heavy atom. The third-order valence-corrected chi connectivity index (χ3v) is 7.10. The standard InChI is InChI=1S/C18H18ClF3N6O4S2/c1-31-14-12(28-4-9(26-27-28)10-6-33-17(23)25-10)13(30)11(5-29)32-16(14)34-7-2-8(19)15(24-3-7)18(20,21)22/h2-4,6,11-14,16,29-30H,5H2,1H3,(H2,23,25)/t11?,12-,13-,14?,16+/m0/s1. The van der Waals surface area contributed by atoms with E-state index < -0.39 is 53.3 Å². The van der Waals surface area contributed by atoms with Gasteiger partial charge in [-0.1, -0.05) is 28.6 Å². The summed E-state index contributed by atoms with van der Waals surface area (Å²) in [5.74, 6) is 0. The third-order valence-electron chi connectivity index (χ3n) is 5.03. The molecule has 3 aromatic rings. The number of ether oxygens (including phenoxy) is 2. The van der Waals surface area contributed by atoms with Crippen molar-refractivity contribution in [1.29, 1.82) is 0 Å². The Balaban J connectivity index is 1.63. The van der Waals surface area contributed by atoms with E-state index in [-0.39, 0.29) is 4.90 Å². The molecule has 0 aliphatic carbocycles. The molecule has 1 aliphatic rings. The largest absolute Gasteiger partial charge is 0.434 e. The van der Waals surface area contributed by atoms with Crippen LogP contribution in [-0.2, 0) is 15.7 Å². The smallest absolute Gasteiger partial charge is 0.394 e. The average Bonchev–Trinajstić information content (AvgIpc) is 3.42. The lowest BCUT2D eigenvalue weighted by Gasteiger charge is -2.43. The van der Waals surface area contributed by atoms with Crippen LogP contribution in [0.1, 0.15) is 11.7 Å². The topological polar surface area (TPSA) is 141 Å². The maximum absolute atomic E-state index is 13.0. The number of alkyl halides is 3. The first-order chi connectivity index (χ1) is 16.1. The molecule has 184 valence electrons. The van der Waals surface area contributed by atoms with Crippen molar-refractivity contribution in [2.45, 2.75) is 40.9 Å². The van der Waals surface area contributed by atoms with Gasteiger partial charge >= 0.3 is 6.18 Å². The van der Waals surface area contributed by atoms with Crippen LogP contribution in [0.15, 0.2) is 28.7 Å². The summed E-state index contributed by atoms with van der Waals surface area (Å²) < 4.78 is 51.7. The van der Waals surface area contributed by atoms with Crippen molar-refractivity contribution in [3.63, 3.8) is 0 Å². The normalized spacial score (nSPS) is 25.6. The number of thioether (sulfide) groups is 1. The summed E-state index contributed by atoms with van der Waals surface area (Å²) in [6, 6.07) is 0.260. The Labute approximate surface area is 203 Å². The number of anilines is 1. The Bertz CT molecular complexity index is 1150. The van der Waals surface area contributed by atoms with Gasteiger partial charge in [0, 0.05) is 23.6 Å². The van der Waals surface area contributed by atoms with Gasteiger partial charge in [0.1, 0.15) is 41.2 Å². The average molecular weight is 539 g/mol. The molecular formula is C18H18ClF3N6O4S2. The molecule has 10 nitrogen and oxygen atoms in total. The van der Waals surface area contributed by atoms with Crippen LogP contribution in [0.4, 0.5) is 18.3 Å². The van der Waals surface area contributed by atoms with E-state index in [1.807, 2.05) is 0 Å². The fourth-order valence-corrected chi connectivity index (χ4v) is 5.55. The SMILES string of the molecule is COC1[C@@H](Sc2cnc(C(F)(F)F)c(Cl)c2)OC(CO)[C@H](O)[C@@H]1n1cc(-c2csc(N)n2)nn1. The number of hydrogen-bond acceptors (Lipinski definition) is 11. The van der Waals surface area contributed by atoms with Crippen LogP contribution in [0.3, 0.4) is 0 Å². The predicted octanol–water partition coefficient (Wildman–Crippen LogP) is 2.48. The number of pyridine rings is 1. The highest BCUT2D eigenvalue weighted by Gasteiger charge is 2.47. The molecular weight excluding hydrogens is 521 g/mol. The molecule has 34 heavy (non-hydrogen) atoms. The van der Waals surface area contributed by atoms with E-state index in [1.165, 1.54) is 23.1 Å². The van der Waals surface area contributed by atoms with Gasteiger partial charge in [-0.05, 0) is 6.07 Å². The lowest BCUT2D eigenvalue weighted by atomic mass is 9.97. The fourth-order valence-electron chi connectivity index (χ4n) is 3.48. The Morgan fingerprint density at radius 1 is 1.38 bits per heavy atom. The molecule has 5 atom stereocenters. The van der Waals surface area contributed by atoms with E-state index in [9.17, 15) is 23.4 Å². The second-order valence-electron chi connectivity index (χ2n) is 7.18. The van der Waals surface area contributed by atoms with E-state index in [0.29, 0.717) is 16.5 Å². The second kappa shape index (κ2) is 9.93. The van der Waals surface area contributed by atoms with Crippen molar-refractivity contribution in [1.82, 2.24) is 25.0 Å². The summed E-state index contributed by atoms with van der Waals surface area (Å²) in [6.45, 7) is -0.526. The predicted molar refractivity (Wildman–Crippen MR) is 117 cm³/mol. The van der Waals surface area contributed by atoms with Gasteiger partial charge in [-0.25, -0.2) is 14.6 Å². The maximum Gasteiger partial charge on any atom is 0.434 e. The quantitative estimate of drug-likeness (QED) is 0.428. The Hall–Kier alpha value is -2.01. The number of nitrogen functional groups attached to an aromatic ring is 1. The van der Waals surface area contributed by atoms with Crippen molar-refractivity contribution >= 4 is 39.8 Å². The van der Waals surface area contributed by atoms with Crippen molar-refractivity contribution in [3.8, 4) is 11.4 Å². The Kier molecular flexibility index (Phi) is 7.33. The van der Waals surface area contributed by atoms with Gasteiger partial charge in [0.15, 0.2) is 10.8 Å². The second-order valence-corrected chi connectivity index (χ2v) is 9.65. The highest BCUT2D eigenvalue weighted by atomic mass is 35.5. The van der Waals surface area contributed by atoms with Gasteiger partial charge in [-0.15, -0.1) is 16.4 Å². The fraction of sp³-hybridized carbons (Fsp3) is 0.444. The van der Waals surface area contributed by atoms with Crippen LogP contribution in [-0.4, -0.2) is 72.6 Å². The molecule has 0 radical (unpaired) electrons. The number of nitrogens with zero attached hydrogens (tertiary/aromatic N) is 5. The minimum atomic E-state index is -4.69. The molecule has 0 spiro atoms. The summed E-state index contributed by atoms with van der Waals surface area (Å²) in [5, 5.41) is 30.3. The molecule has 2 unspecified atom stereocenters. The van der Waals surface area contributed by atoms with E-state index >= 15 is 0 Å². The molecule has 4 rings (SSSR count). The van der Waals surface area contributed by atoms with Gasteiger partial charge in [-0.3, -0.25) is 0 Å². The summed E-state index contributed by atoms with van der Waals surface area (Å²) >= 11 is 8.00. The molecule has 3 aromatic heterocycles. The van der Waals surface area contributed by atoms with Crippen LogP contribution in [0.2, 0.25) is 5.02 Å². The lowest BCUT2D eigenvalue weighted by Crippen LogP contribution is -2.55. The van der Waals surface area contributed by atoms with Crippen LogP contribution in [0.5, 0.6) is 0 Å². The molecule has 4 N–H and O–H groups in total. The molecule has 4 heterocycles. The van der Waals surface area contributed by atoms with Gasteiger partial charge < -0.3 is 25.4 Å². The van der Waals surface area contributed by atoms with Gasteiger partial charge in [-0.2, -0.15) is 13.2 Å². The van der Waals surface area contributed by atoms with E-state index in [1.54, 1.807) is 11.6 Å². The maximum atomic E-state index is 13.0. The Morgan fingerprint density at radius 2 is 2.15 bits per heavy atom. The zero-order valence-corrected chi connectivity index (χ0v) is 19.6. The number of aliphatic hydroxyl groups excluding tert-OH is 2. The van der Waals surface area contributed by atoms with E-state index in [0.717, 1.165) is 24.0 Å². The van der Waals surface area contributed by atoms with Gasteiger partial charge in [0.05, 0.1) is 17.8 Å². The molecule has 0 bridgehead atoms. The zero-order valence-electron chi connectivity index (χ0n) is 17.3. The van der Waals surface area contributed by atoms with Gasteiger partial charge in [0.25, 0.3) is 0 Å². The highest BCUT2D eigenvalue weighted by Crippen LogP contribution is 2.41. The number of hydrogen-bond donors (Lipinski definition) is 3. The van der Waals surface area contributed by atoms with Crippen molar-refractivity contribution in [2.75, 3.05) is 19.5 Å². The molecule has 1 aliphatic heterocycles. The summed E-state index contributed by atoms with van der Waals surface area (Å²) in [4.78, 5) is 7.84. The number of thiazole rings is 1. The number of methoxy groups -OCH3 is 1. The summed E-state index contributed by atoms with van der Waals surface area (Å²) in [7, 11) is 1.39. The monoisotopic (exact) mass is 538 g/mol.